The first kappa shape index (κ1) is 18.3. The topological polar surface area (TPSA) is 90.6 Å². The highest BCUT2D eigenvalue weighted by Crippen LogP contribution is 2.32. The van der Waals surface area contributed by atoms with E-state index in [2.05, 4.69) is 32.6 Å². The first-order valence-electron chi connectivity index (χ1n) is 9.57. The Kier molecular flexibility index (Phi) is 4.65. The Morgan fingerprint density at radius 1 is 1.00 bits per heavy atom. The number of nitrogens with one attached hydrogen (secondary N) is 3. The zero-order valence-electron chi connectivity index (χ0n) is 15.9. The number of rotatable bonds is 5. The fourth-order valence-corrected chi connectivity index (χ4v) is 4.65. The summed E-state index contributed by atoms with van der Waals surface area (Å²) >= 11 is 1.66. The first-order chi connectivity index (χ1) is 14.7. The quantitative estimate of drug-likeness (QED) is 0.406. The molecule has 0 spiro atoms. The van der Waals surface area contributed by atoms with Crippen LogP contribution in [-0.2, 0) is 0 Å². The molecule has 0 fully saturated rings. The summed E-state index contributed by atoms with van der Waals surface area (Å²) in [6.45, 7) is 0.413. The Morgan fingerprint density at radius 3 is 2.57 bits per heavy atom. The van der Waals surface area contributed by atoms with E-state index in [0.717, 1.165) is 16.5 Å². The van der Waals surface area contributed by atoms with Crippen LogP contribution in [0.3, 0.4) is 0 Å². The van der Waals surface area contributed by atoms with Crippen LogP contribution in [0.4, 0.5) is 0 Å². The van der Waals surface area contributed by atoms with Crippen molar-refractivity contribution in [2.24, 2.45) is 0 Å². The van der Waals surface area contributed by atoms with Gasteiger partial charge in [0.1, 0.15) is 0 Å². The molecule has 148 valence electrons. The van der Waals surface area contributed by atoms with Gasteiger partial charge in [0.2, 0.25) is 0 Å². The van der Waals surface area contributed by atoms with E-state index in [1.54, 1.807) is 35.6 Å². The SMILES string of the molecule is O=C(NCC(c1cccs1)c1c[nH]c2ccccc12)c1n[nH]c(=O)c2ccccc12. The average molecular weight is 414 g/mol. The third-order valence-corrected chi connectivity index (χ3v) is 6.25. The van der Waals surface area contributed by atoms with Crippen molar-refractivity contribution in [1.82, 2.24) is 20.5 Å². The molecule has 0 bridgehead atoms. The number of fused-ring (bicyclic) bond motifs is 2. The Hall–Kier alpha value is -3.71. The normalized spacial score (nSPS) is 12.3. The lowest BCUT2D eigenvalue weighted by Crippen LogP contribution is -2.30. The van der Waals surface area contributed by atoms with Gasteiger partial charge in [-0.3, -0.25) is 9.59 Å². The number of nitrogens with zero attached hydrogens (tertiary/aromatic N) is 1. The highest BCUT2D eigenvalue weighted by atomic mass is 32.1. The highest BCUT2D eigenvalue weighted by molar-refractivity contribution is 7.10. The van der Waals surface area contributed by atoms with E-state index in [1.807, 2.05) is 35.8 Å². The van der Waals surface area contributed by atoms with Gasteiger partial charge >= 0.3 is 0 Å². The monoisotopic (exact) mass is 414 g/mol. The molecule has 1 amide bonds. The molecule has 1 unspecified atom stereocenters. The van der Waals surface area contributed by atoms with Gasteiger partial charge in [-0.15, -0.1) is 11.3 Å². The van der Waals surface area contributed by atoms with Crippen LogP contribution < -0.4 is 10.9 Å². The number of thiophene rings is 1. The van der Waals surface area contributed by atoms with Crippen LogP contribution in [-0.4, -0.2) is 27.6 Å². The summed E-state index contributed by atoms with van der Waals surface area (Å²) in [7, 11) is 0. The van der Waals surface area contributed by atoms with Crippen LogP contribution in [0.5, 0.6) is 0 Å². The molecule has 5 aromatic rings. The molecule has 30 heavy (non-hydrogen) atoms. The number of para-hydroxylation sites is 1. The minimum Gasteiger partial charge on any atom is -0.361 e. The summed E-state index contributed by atoms with van der Waals surface area (Å²) in [6, 6.07) is 19.2. The molecular weight excluding hydrogens is 396 g/mol. The van der Waals surface area contributed by atoms with Crippen molar-refractivity contribution in [3.63, 3.8) is 0 Å². The van der Waals surface area contributed by atoms with Crippen molar-refractivity contribution in [2.45, 2.75) is 5.92 Å². The zero-order chi connectivity index (χ0) is 20.5. The number of aromatic amines is 2. The first-order valence-corrected chi connectivity index (χ1v) is 10.5. The van der Waals surface area contributed by atoms with Crippen molar-refractivity contribution in [2.75, 3.05) is 6.54 Å². The van der Waals surface area contributed by atoms with E-state index in [4.69, 9.17) is 0 Å². The van der Waals surface area contributed by atoms with Gasteiger partial charge in [0.05, 0.1) is 5.39 Å². The molecule has 0 aliphatic carbocycles. The fourth-order valence-electron chi connectivity index (χ4n) is 3.80. The number of H-pyrrole nitrogens is 2. The largest absolute Gasteiger partial charge is 0.361 e. The molecule has 3 N–H and O–H groups in total. The van der Waals surface area contributed by atoms with E-state index in [9.17, 15) is 9.59 Å². The summed E-state index contributed by atoms with van der Waals surface area (Å²) in [5, 5.41) is 13.6. The van der Waals surface area contributed by atoms with Gasteiger partial charge in [-0.05, 0) is 29.1 Å². The summed E-state index contributed by atoms with van der Waals surface area (Å²) in [6.07, 6.45) is 2.01. The van der Waals surface area contributed by atoms with Gasteiger partial charge in [-0.25, -0.2) is 5.10 Å². The van der Waals surface area contributed by atoms with E-state index in [1.165, 1.54) is 4.88 Å². The molecule has 1 atom stereocenters. The minimum absolute atomic E-state index is 0.000810. The Balaban J connectivity index is 1.48. The molecule has 3 aromatic heterocycles. The predicted molar refractivity (Wildman–Crippen MR) is 119 cm³/mol. The zero-order valence-corrected chi connectivity index (χ0v) is 16.7. The molecule has 3 heterocycles. The Bertz CT molecular complexity index is 1400. The molecule has 0 saturated carbocycles. The van der Waals surface area contributed by atoms with Crippen LogP contribution in [0.2, 0.25) is 0 Å². The van der Waals surface area contributed by atoms with Crippen LogP contribution in [0.15, 0.2) is 77.0 Å². The van der Waals surface area contributed by atoms with Crippen molar-refractivity contribution in [1.29, 1.82) is 0 Å². The number of carbonyl (C=O) groups is 1. The summed E-state index contributed by atoms with van der Waals surface area (Å²) in [4.78, 5) is 29.5. The highest BCUT2D eigenvalue weighted by Gasteiger charge is 2.21. The fraction of sp³-hybridized carbons (Fsp3) is 0.0870. The smallest absolute Gasteiger partial charge is 0.272 e. The van der Waals surface area contributed by atoms with Gasteiger partial charge in [-0.2, -0.15) is 5.10 Å². The second-order valence-electron chi connectivity index (χ2n) is 7.01. The lowest BCUT2D eigenvalue weighted by Gasteiger charge is -2.16. The number of benzene rings is 2. The number of hydrogen-bond acceptors (Lipinski definition) is 4. The van der Waals surface area contributed by atoms with Crippen LogP contribution in [0.1, 0.15) is 26.8 Å². The molecule has 6 nitrogen and oxygen atoms in total. The van der Waals surface area contributed by atoms with E-state index >= 15 is 0 Å². The Morgan fingerprint density at radius 2 is 1.77 bits per heavy atom. The number of aromatic nitrogens is 3. The van der Waals surface area contributed by atoms with Crippen molar-refractivity contribution < 1.29 is 4.79 Å². The summed E-state index contributed by atoms with van der Waals surface area (Å²) in [5.74, 6) is -0.317. The lowest BCUT2D eigenvalue weighted by molar-refractivity contribution is 0.0948. The van der Waals surface area contributed by atoms with E-state index in [0.29, 0.717) is 17.3 Å². The van der Waals surface area contributed by atoms with Crippen LogP contribution in [0.25, 0.3) is 21.7 Å². The molecule has 5 rings (SSSR count). The third kappa shape index (κ3) is 3.19. The summed E-state index contributed by atoms with van der Waals surface area (Å²) < 4.78 is 0. The standard InChI is InChI=1S/C23H18N4O2S/c28-22-16-8-2-1-7-15(16)21(26-27-22)23(29)25-13-18(20-10-5-11-30-20)17-12-24-19-9-4-3-6-14(17)19/h1-12,18,24H,13H2,(H,25,29)(H,27,28). The summed E-state index contributed by atoms with van der Waals surface area (Å²) in [5.41, 5.74) is 2.10. The lowest BCUT2D eigenvalue weighted by atomic mass is 9.96. The van der Waals surface area contributed by atoms with Crippen molar-refractivity contribution >= 4 is 38.9 Å². The second-order valence-corrected chi connectivity index (χ2v) is 7.99. The average Bonchev–Trinajstić information content (AvgIpc) is 3.45. The second kappa shape index (κ2) is 7.61. The van der Waals surface area contributed by atoms with Gasteiger partial charge in [0, 0.05) is 39.8 Å². The van der Waals surface area contributed by atoms with Gasteiger partial charge in [0.15, 0.2) is 5.69 Å². The third-order valence-electron chi connectivity index (χ3n) is 5.26. The number of amides is 1. The predicted octanol–water partition coefficient (Wildman–Crippen LogP) is 4.03. The van der Waals surface area contributed by atoms with Crippen LogP contribution in [0, 0.1) is 0 Å². The van der Waals surface area contributed by atoms with Crippen molar-refractivity contribution in [3.05, 3.63) is 98.7 Å². The van der Waals surface area contributed by atoms with E-state index < -0.39 is 0 Å². The molecule has 0 saturated heterocycles. The van der Waals surface area contributed by atoms with Gasteiger partial charge in [0.25, 0.3) is 11.5 Å². The number of hydrogen-bond donors (Lipinski definition) is 3. The molecular formula is C23H18N4O2S. The molecule has 0 aliphatic heterocycles. The van der Waals surface area contributed by atoms with Crippen molar-refractivity contribution in [3.8, 4) is 0 Å². The van der Waals surface area contributed by atoms with Gasteiger partial charge < -0.3 is 10.3 Å². The molecule has 2 aromatic carbocycles. The molecule has 0 radical (unpaired) electrons. The minimum atomic E-state index is -0.316. The maximum Gasteiger partial charge on any atom is 0.272 e. The van der Waals surface area contributed by atoms with E-state index in [-0.39, 0.29) is 23.1 Å². The number of carbonyl (C=O) groups excluding carboxylic acids is 1. The maximum absolute atomic E-state index is 13.0. The Labute approximate surface area is 175 Å². The maximum atomic E-state index is 13.0. The molecule has 7 heteroatoms. The molecule has 0 aliphatic rings. The van der Waals surface area contributed by atoms with Gasteiger partial charge in [-0.1, -0.05) is 42.5 Å². The van der Waals surface area contributed by atoms with Crippen LogP contribution >= 0.6 is 11.3 Å².